The van der Waals surface area contributed by atoms with E-state index in [-0.39, 0.29) is 10.9 Å². The third-order valence-corrected chi connectivity index (χ3v) is 2.97. The number of halogens is 2. The van der Waals surface area contributed by atoms with Gasteiger partial charge < -0.3 is 10.8 Å². The van der Waals surface area contributed by atoms with Crippen molar-refractivity contribution in [3.05, 3.63) is 24.8 Å². The number of phenolic OH excluding ortho intramolecular Hbond substituents is 1. The molecule has 0 amide bonds. The Kier molecular flexibility index (Phi) is 4.99. The van der Waals surface area contributed by atoms with Gasteiger partial charge in [0.2, 0.25) is 0 Å². The van der Waals surface area contributed by atoms with Crippen LogP contribution >= 0.6 is 57.4 Å². The summed E-state index contributed by atoms with van der Waals surface area (Å²) in [4.78, 5) is 0. The van der Waals surface area contributed by atoms with E-state index in [1.807, 2.05) is 12.1 Å². The lowest BCUT2D eigenvalue weighted by Gasteiger charge is -2.02. The Bertz CT molecular complexity index is 423. The fourth-order valence-corrected chi connectivity index (χ4v) is 2.79. The van der Waals surface area contributed by atoms with Gasteiger partial charge in [0.1, 0.15) is 5.75 Å². The summed E-state index contributed by atoms with van der Waals surface area (Å²) in [5, 5.41) is 13.6. The SMILES string of the molecule is NC(=S)N/N=C/c1cc(I)cc(I)c1O. The molecule has 1 aromatic carbocycles. The summed E-state index contributed by atoms with van der Waals surface area (Å²) in [5.41, 5.74) is 8.24. The highest BCUT2D eigenvalue weighted by Gasteiger charge is 2.04. The van der Waals surface area contributed by atoms with Crippen molar-refractivity contribution in [3.8, 4) is 5.75 Å². The molecule has 0 fully saturated rings. The van der Waals surface area contributed by atoms with Crippen LogP contribution in [0.15, 0.2) is 17.2 Å². The van der Waals surface area contributed by atoms with E-state index in [2.05, 4.69) is 67.9 Å². The van der Waals surface area contributed by atoms with Gasteiger partial charge in [-0.3, -0.25) is 5.43 Å². The summed E-state index contributed by atoms with van der Waals surface area (Å²) >= 11 is 8.80. The molecule has 0 bridgehead atoms. The number of nitrogens with two attached hydrogens (primary N) is 1. The molecular formula is C8H7I2N3OS. The highest BCUT2D eigenvalue weighted by Crippen LogP contribution is 2.25. The van der Waals surface area contributed by atoms with E-state index in [1.54, 1.807) is 0 Å². The molecule has 0 unspecified atom stereocenters. The molecule has 0 aliphatic carbocycles. The summed E-state index contributed by atoms with van der Waals surface area (Å²) in [6.07, 6.45) is 1.47. The lowest BCUT2D eigenvalue weighted by atomic mass is 10.2. The predicted octanol–water partition coefficient (Wildman–Crippen LogP) is 1.77. The van der Waals surface area contributed by atoms with E-state index in [4.69, 9.17) is 5.73 Å². The molecule has 4 N–H and O–H groups in total. The average molecular weight is 447 g/mol. The smallest absolute Gasteiger partial charge is 0.184 e. The molecule has 0 radical (unpaired) electrons. The van der Waals surface area contributed by atoms with E-state index < -0.39 is 0 Å². The van der Waals surface area contributed by atoms with Crippen LogP contribution < -0.4 is 11.2 Å². The van der Waals surface area contributed by atoms with E-state index in [9.17, 15) is 5.11 Å². The van der Waals surface area contributed by atoms with Crippen LogP contribution in [0.1, 0.15) is 5.56 Å². The van der Waals surface area contributed by atoms with Crippen molar-refractivity contribution in [2.24, 2.45) is 10.8 Å². The number of hydrogen-bond acceptors (Lipinski definition) is 3. The molecular weight excluding hydrogens is 440 g/mol. The maximum Gasteiger partial charge on any atom is 0.184 e. The molecule has 4 nitrogen and oxygen atoms in total. The first-order valence-corrected chi connectivity index (χ1v) is 6.34. The molecule has 0 spiro atoms. The summed E-state index contributed by atoms with van der Waals surface area (Å²) in [6, 6.07) is 3.68. The second-order valence-electron chi connectivity index (χ2n) is 2.56. The highest BCUT2D eigenvalue weighted by molar-refractivity contribution is 14.1. The fraction of sp³-hybridized carbons (Fsp3) is 0. The molecule has 0 saturated carbocycles. The predicted molar refractivity (Wildman–Crippen MR) is 81.1 cm³/mol. The summed E-state index contributed by atoms with van der Waals surface area (Å²) in [7, 11) is 0. The maximum atomic E-state index is 9.69. The fourth-order valence-electron chi connectivity index (χ4n) is 0.850. The highest BCUT2D eigenvalue weighted by atomic mass is 127. The zero-order valence-electron chi connectivity index (χ0n) is 7.37. The Morgan fingerprint density at radius 1 is 1.53 bits per heavy atom. The molecule has 0 atom stereocenters. The first kappa shape index (κ1) is 12.9. The Labute approximate surface area is 120 Å². The summed E-state index contributed by atoms with van der Waals surface area (Å²) in [5.74, 6) is 0.199. The third kappa shape index (κ3) is 4.07. The van der Waals surface area contributed by atoms with E-state index in [1.165, 1.54) is 6.21 Å². The quantitative estimate of drug-likeness (QED) is 0.280. The van der Waals surface area contributed by atoms with Gasteiger partial charge in [-0.1, -0.05) is 0 Å². The van der Waals surface area contributed by atoms with Crippen molar-refractivity contribution in [1.82, 2.24) is 5.43 Å². The topological polar surface area (TPSA) is 70.6 Å². The number of hydrazone groups is 1. The van der Waals surface area contributed by atoms with E-state index in [0.29, 0.717) is 5.56 Å². The Hall–Kier alpha value is -0.160. The number of benzene rings is 1. The average Bonchev–Trinajstić information content (AvgIpc) is 2.12. The number of thiocarbonyl (C=S) groups is 1. The molecule has 0 aromatic heterocycles. The number of nitrogens with zero attached hydrogens (tertiary/aromatic N) is 1. The van der Waals surface area contributed by atoms with Gasteiger partial charge in [-0.25, -0.2) is 0 Å². The Morgan fingerprint density at radius 3 is 2.80 bits per heavy atom. The Morgan fingerprint density at radius 2 is 2.20 bits per heavy atom. The van der Waals surface area contributed by atoms with Crippen LogP contribution in [0.25, 0.3) is 0 Å². The molecule has 0 aliphatic heterocycles. The zero-order valence-corrected chi connectivity index (χ0v) is 12.5. The van der Waals surface area contributed by atoms with Gasteiger partial charge >= 0.3 is 0 Å². The van der Waals surface area contributed by atoms with Crippen molar-refractivity contribution in [3.63, 3.8) is 0 Å². The van der Waals surface area contributed by atoms with Gasteiger partial charge in [0.25, 0.3) is 0 Å². The van der Waals surface area contributed by atoms with E-state index >= 15 is 0 Å². The van der Waals surface area contributed by atoms with Gasteiger partial charge in [-0.05, 0) is 69.5 Å². The van der Waals surface area contributed by atoms with Crippen LogP contribution in [0, 0.1) is 7.14 Å². The molecule has 1 rings (SSSR count). The number of phenols is 1. The molecule has 1 aromatic rings. The molecule has 0 saturated heterocycles. The van der Waals surface area contributed by atoms with Gasteiger partial charge in [-0.2, -0.15) is 5.10 Å². The van der Waals surface area contributed by atoms with Crippen molar-refractivity contribution in [1.29, 1.82) is 0 Å². The minimum absolute atomic E-state index is 0.0889. The van der Waals surface area contributed by atoms with Crippen LogP contribution in [0.4, 0.5) is 0 Å². The van der Waals surface area contributed by atoms with Gasteiger partial charge in [-0.15, -0.1) is 0 Å². The Balaban J connectivity index is 2.94. The number of nitrogens with one attached hydrogen (secondary N) is 1. The van der Waals surface area contributed by atoms with Crippen LogP contribution in [0.3, 0.4) is 0 Å². The molecule has 0 heterocycles. The normalized spacial score (nSPS) is 10.5. The monoisotopic (exact) mass is 447 g/mol. The summed E-state index contributed by atoms with van der Waals surface area (Å²) < 4.78 is 1.79. The van der Waals surface area contributed by atoms with Crippen LogP contribution in [0.5, 0.6) is 5.75 Å². The lowest BCUT2D eigenvalue weighted by molar-refractivity contribution is 0.470. The second kappa shape index (κ2) is 5.80. The van der Waals surface area contributed by atoms with Crippen LogP contribution in [-0.4, -0.2) is 16.4 Å². The van der Waals surface area contributed by atoms with Gasteiger partial charge in [0, 0.05) is 9.13 Å². The molecule has 15 heavy (non-hydrogen) atoms. The molecule has 80 valence electrons. The van der Waals surface area contributed by atoms with Gasteiger partial charge in [0.15, 0.2) is 5.11 Å². The van der Waals surface area contributed by atoms with Crippen molar-refractivity contribution < 1.29 is 5.11 Å². The minimum Gasteiger partial charge on any atom is -0.506 e. The number of rotatable bonds is 2. The molecule has 0 aliphatic rings. The third-order valence-electron chi connectivity index (χ3n) is 1.44. The van der Waals surface area contributed by atoms with Crippen molar-refractivity contribution in [2.45, 2.75) is 0 Å². The van der Waals surface area contributed by atoms with Crippen LogP contribution in [0.2, 0.25) is 0 Å². The lowest BCUT2D eigenvalue weighted by Crippen LogP contribution is -2.24. The summed E-state index contributed by atoms with van der Waals surface area (Å²) in [6.45, 7) is 0. The molecule has 7 heteroatoms. The van der Waals surface area contributed by atoms with Gasteiger partial charge in [0.05, 0.1) is 9.78 Å². The zero-order chi connectivity index (χ0) is 11.4. The minimum atomic E-state index is 0.0889. The number of hydrogen-bond donors (Lipinski definition) is 3. The van der Waals surface area contributed by atoms with Crippen molar-refractivity contribution in [2.75, 3.05) is 0 Å². The van der Waals surface area contributed by atoms with E-state index in [0.717, 1.165) is 7.14 Å². The first-order valence-electron chi connectivity index (χ1n) is 3.77. The van der Waals surface area contributed by atoms with Crippen molar-refractivity contribution >= 4 is 68.7 Å². The van der Waals surface area contributed by atoms with Crippen LogP contribution in [-0.2, 0) is 0 Å². The second-order valence-corrected chi connectivity index (χ2v) is 5.41. The largest absolute Gasteiger partial charge is 0.506 e. The maximum absolute atomic E-state index is 9.69. The number of aromatic hydroxyl groups is 1. The first-order chi connectivity index (χ1) is 7.00. The standard InChI is InChI=1S/C8H7I2N3OS/c9-5-1-4(3-12-13-8(11)15)7(14)6(10)2-5/h1-3,14H,(H3,11,13,15)/b12-3+.